The molecule has 0 bridgehead atoms. The molecule has 0 aromatic heterocycles. The van der Waals surface area contributed by atoms with Crippen molar-refractivity contribution in [3.8, 4) is 0 Å². The van der Waals surface area contributed by atoms with Gasteiger partial charge in [0.2, 0.25) is 0 Å². The van der Waals surface area contributed by atoms with Crippen LogP contribution in [-0.2, 0) is 4.79 Å². The third-order valence-corrected chi connectivity index (χ3v) is 0.936. The second-order valence-corrected chi connectivity index (χ2v) is 1.73. The Balaban J connectivity index is 0. The van der Waals surface area contributed by atoms with Crippen LogP contribution in [0.3, 0.4) is 0 Å². The van der Waals surface area contributed by atoms with E-state index < -0.39 is 0 Å². The summed E-state index contributed by atoms with van der Waals surface area (Å²) in [6.07, 6.45) is 2.33. The first-order chi connectivity index (χ1) is 5.35. The number of rotatable bonds is 1. The number of benzene rings is 1. The molecule has 58 valence electrons. The predicted molar refractivity (Wildman–Crippen MR) is 43.2 cm³/mol. The fraction of sp³-hybridized carbons (Fsp3) is 0.111. The van der Waals surface area contributed by atoms with Crippen molar-refractivity contribution in [2.45, 2.75) is 6.92 Å². The summed E-state index contributed by atoms with van der Waals surface area (Å²) in [4.78, 5) is 18.7. The maximum absolute atomic E-state index is 10.0. The monoisotopic (exact) mass is 172 g/mol. The Morgan fingerprint density at radius 3 is 1.92 bits per heavy atom. The van der Waals surface area contributed by atoms with E-state index in [-0.39, 0.29) is 29.6 Å². The van der Waals surface area contributed by atoms with Gasteiger partial charge in [-0.3, -0.25) is 11.1 Å². The molecule has 2 nitrogen and oxygen atoms in total. The van der Waals surface area contributed by atoms with Crippen LogP contribution < -0.4 is 29.6 Å². The molecule has 0 unspecified atom stereocenters. The Labute approximate surface area is 94.3 Å². The second-order valence-electron chi connectivity index (χ2n) is 1.73. The zero-order chi connectivity index (χ0) is 8.53. The SMILES string of the molecule is C[C-]=O.O=Cc1ccccc1.[Na+]. The minimum atomic E-state index is 0. The fourth-order valence-corrected chi connectivity index (χ4v) is 0.532. The Morgan fingerprint density at radius 1 is 1.25 bits per heavy atom. The molecule has 0 aliphatic carbocycles. The van der Waals surface area contributed by atoms with Crippen molar-refractivity contribution in [1.82, 2.24) is 0 Å². The first-order valence-electron chi connectivity index (χ1n) is 3.14. The van der Waals surface area contributed by atoms with Crippen molar-refractivity contribution in [2.24, 2.45) is 0 Å². The number of hydrogen-bond donors (Lipinski definition) is 0. The van der Waals surface area contributed by atoms with E-state index in [9.17, 15) is 4.79 Å². The number of carbonyl (C=O) groups excluding carboxylic acids is 2. The summed E-state index contributed by atoms with van der Waals surface area (Å²) in [5.41, 5.74) is 0.729. The van der Waals surface area contributed by atoms with E-state index >= 15 is 0 Å². The zero-order valence-electron chi connectivity index (χ0n) is 7.28. The van der Waals surface area contributed by atoms with Crippen LogP contribution in [-0.4, -0.2) is 12.6 Å². The zero-order valence-corrected chi connectivity index (χ0v) is 9.28. The van der Waals surface area contributed by atoms with Crippen LogP contribution in [0.25, 0.3) is 0 Å². The molecule has 0 radical (unpaired) electrons. The molecule has 0 N–H and O–H groups in total. The molecule has 0 heterocycles. The van der Waals surface area contributed by atoms with Gasteiger partial charge in [-0.2, -0.15) is 6.92 Å². The first kappa shape index (κ1) is 14.1. The van der Waals surface area contributed by atoms with Gasteiger partial charge in [-0.1, -0.05) is 30.3 Å². The number of aldehydes is 1. The second kappa shape index (κ2) is 10.6. The Bertz CT molecular complexity index is 209. The molecule has 1 aromatic rings. The van der Waals surface area contributed by atoms with E-state index in [1.165, 1.54) is 13.2 Å². The minimum absolute atomic E-state index is 0. The van der Waals surface area contributed by atoms with E-state index in [2.05, 4.69) is 0 Å². The molecule has 0 amide bonds. The third kappa shape index (κ3) is 7.66. The predicted octanol–water partition coefficient (Wildman–Crippen LogP) is -1.38. The van der Waals surface area contributed by atoms with Crippen molar-refractivity contribution >= 4 is 12.6 Å². The normalized spacial score (nSPS) is 6.75. The topological polar surface area (TPSA) is 34.1 Å². The molecule has 0 aliphatic rings. The van der Waals surface area contributed by atoms with E-state index in [0.29, 0.717) is 0 Å². The molecule has 1 rings (SSSR count). The maximum Gasteiger partial charge on any atom is 1.00 e. The van der Waals surface area contributed by atoms with E-state index in [1.54, 1.807) is 12.1 Å². The van der Waals surface area contributed by atoms with Gasteiger partial charge in [0.1, 0.15) is 6.29 Å². The van der Waals surface area contributed by atoms with Crippen LogP contribution in [0.1, 0.15) is 17.3 Å². The van der Waals surface area contributed by atoms with Gasteiger partial charge in [0.15, 0.2) is 0 Å². The molecule has 12 heavy (non-hydrogen) atoms. The molecule has 0 atom stereocenters. The number of carbonyl (C=O) groups is 1. The first-order valence-corrected chi connectivity index (χ1v) is 3.14. The van der Waals surface area contributed by atoms with Crippen LogP contribution in [0.5, 0.6) is 0 Å². The molecule has 0 saturated carbocycles. The van der Waals surface area contributed by atoms with E-state index in [1.807, 2.05) is 18.2 Å². The van der Waals surface area contributed by atoms with Gasteiger partial charge in [0.25, 0.3) is 0 Å². The van der Waals surface area contributed by atoms with Crippen molar-refractivity contribution < 1.29 is 39.1 Å². The van der Waals surface area contributed by atoms with Gasteiger partial charge in [-0.05, 0) is 0 Å². The van der Waals surface area contributed by atoms with Gasteiger partial charge in [0.05, 0.1) is 0 Å². The van der Waals surface area contributed by atoms with Crippen molar-refractivity contribution in [3.05, 3.63) is 35.9 Å². The third-order valence-electron chi connectivity index (χ3n) is 0.936. The molecule has 0 aliphatic heterocycles. The maximum atomic E-state index is 10.0. The molecule has 1 aromatic carbocycles. The molecule has 0 spiro atoms. The standard InChI is InChI=1S/C7H6O.C2H3O.Na/c8-6-7-4-2-1-3-5-7;1-2-3;/h1-6H;1H3;/q;-1;+1. The van der Waals surface area contributed by atoms with Crippen LogP contribution in [0.4, 0.5) is 0 Å². The van der Waals surface area contributed by atoms with Gasteiger partial charge < -0.3 is 4.79 Å². The quantitative estimate of drug-likeness (QED) is 0.297. The summed E-state index contributed by atoms with van der Waals surface area (Å²) in [6, 6.07) is 9.10. The summed E-state index contributed by atoms with van der Waals surface area (Å²) in [6.45, 7) is 1.32. The van der Waals surface area contributed by atoms with Crippen LogP contribution in [0, 0.1) is 0 Å². The average molecular weight is 172 g/mol. The smallest absolute Gasteiger partial charge is 0.542 e. The van der Waals surface area contributed by atoms with E-state index in [4.69, 9.17) is 4.79 Å². The molecular formula is C9H9NaO2. The van der Waals surface area contributed by atoms with Crippen molar-refractivity contribution in [1.29, 1.82) is 0 Å². The molecule has 0 saturated heterocycles. The van der Waals surface area contributed by atoms with Gasteiger partial charge >= 0.3 is 29.6 Å². The summed E-state index contributed by atoms with van der Waals surface area (Å²) < 4.78 is 0. The summed E-state index contributed by atoms with van der Waals surface area (Å²) in [7, 11) is 0. The summed E-state index contributed by atoms with van der Waals surface area (Å²) >= 11 is 0. The van der Waals surface area contributed by atoms with Crippen LogP contribution >= 0.6 is 0 Å². The average Bonchev–Trinajstić information content (AvgIpc) is 2.08. The largest absolute Gasteiger partial charge is 1.00 e. The summed E-state index contributed by atoms with van der Waals surface area (Å²) in [5.74, 6) is 0. The van der Waals surface area contributed by atoms with E-state index in [0.717, 1.165) is 11.8 Å². The van der Waals surface area contributed by atoms with Crippen LogP contribution in [0.2, 0.25) is 0 Å². The van der Waals surface area contributed by atoms with Crippen molar-refractivity contribution in [3.63, 3.8) is 0 Å². The molecular weight excluding hydrogens is 163 g/mol. The van der Waals surface area contributed by atoms with Gasteiger partial charge in [0, 0.05) is 5.56 Å². The van der Waals surface area contributed by atoms with Gasteiger partial charge in [-0.15, -0.1) is 0 Å². The summed E-state index contributed by atoms with van der Waals surface area (Å²) in [5, 5.41) is 0. The van der Waals surface area contributed by atoms with Crippen molar-refractivity contribution in [2.75, 3.05) is 0 Å². The Kier molecular flexibility index (Phi) is 12.4. The molecule has 3 heteroatoms. The molecule has 0 fully saturated rings. The Hall–Kier alpha value is -0.440. The van der Waals surface area contributed by atoms with Crippen LogP contribution in [0.15, 0.2) is 30.3 Å². The number of hydrogen-bond acceptors (Lipinski definition) is 2. The Morgan fingerprint density at radius 2 is 1.67 bits per heavy atom. The van der Waals surface area contributed by atoms with Gasteiger partial charge in [-0.25, -0.2) is 0 Å². The fourth-order valence-electron chi connectivity index (χ4n) is 0.532. The minimum Gasteiger partial charge on any atom is -0.542 e.